The number of halogens is 1. The van der Waals surface area contributed by atoms with Gasteiger partial charge in [0.05, 0.1) is 11.5 Å². The number of aryl methyl sites for hydroxylation is 1. The van der Waals surface area contributed by atoms with E-state index in [0.717, 1.165) is 28.1 Å². The number of hydrogen-bond acceptors (Lipinski definition) is 5. The molecule has 196 valence electrons. The summed E-state index contributed by atoms with van der Waals surface area (Å²) in [5.74, 6) is -0.358. The molecule has 3 aromatic rings. The fourth-order valence-corrected chi connectivity index (χ4v) is 5.91. The lowest BCUT2D eigenvalue weighted by Crippen LogP contribution is -2.37. The summed E-state index contributed by atoms with van der Waals surface area (Å²) in [7, 11) is 1.95. The molecule has 2 aromatic heterocycles. The van der Waals surface area contributed by atoms with Gasteiger partial charge in [-0.25, -0.2) is 0 Å². The number of pyridine rings is 1. The zero-order valence-corrected chi connectivity index (χ0v) is 23.1. The van der Waals surface area contributed by atoms with Crippen molar-refractivity contribution in [2.45, 2.75) is 45.9 Å². The predicted octanol–water partition coefficient (Wildman–Crippen LogP) is 5.46. The average molecular weight is 540 g/mol. The third kappa shape index (κ3) is 6.60. The molecule has 2 atom stereocenters. The van der Waals surface area contributed by atoms with Gasteiger partial charge in [0, 0.05) is 47.7 Å². The number of allylic oxidation sites excluding steroid dienone is 3. The molecule has 8 heteroatoms. The number of nitrogens with one attached hydrogen (secondary N) is 1. The highest BCUT2D eigenvalue weighted by Gasteiger charge is 2.25. The Labute approximate surface area is 226 Å². The number of carbonyl (C=O) groups is 1. The standard InChI is InChI=1S/C29H34ClN3O3S/c1-4-14-33-17-24(27(36)31-19-29(2)12-10-21(30)11-13-29)26(35)23-15-22(37-28(23)33)16-32(3)18-25(34)20-8-6-5-7-9-20/h5-12,15,17,25,34H,4,13-14,16,18-19H2,1-3H3,(H,31,36)/t25-,29?/m1/s1. The monoisotopic (exact) mass is 539 g/mol. The summed E-state index contributed by atoms with van der Waals surface area (Å²) in [6, 6.07) is 11.5. The maximum absolute atomic E-state index is 13.4. The first-order valence-electron chi connectivity index (χ1n) is 12.6. The molecule has 1 aromatic carbocycles. The Morgan fingerprint density at radius 1 is 1.32 bits per heavy atom. The Hall–Kier alpha value is -2.71. The number of hydrogen-bond donors (Lipinski definition) is 2. The molecule has 0 aliphatic heterocycles. The summed E-state index contributed by atoms with van der Waals surface area (Å²) >= 11 is 7.61. The smallest absolute Gasteiger partial charge is 0.256 e. The number of carbonyl (C=O) groups excluding carboxylic acids is 1. The van der Waals surface area contributed by atoms with E-state index in [9.17, 15) is 14.7 Å². The summed E-state index contributed by atoms with van der Waals surface area (Å²) in [5.41, 5.74) is 0.544. The van der Waals surface area contributed by atoms with Gasteiger partial charge in [0.1, 0.15) is 10.4 Å². The van der Waals surface area contributed by atoms with Crippen LogP contribution in [0.3, 0.4) is 0 Å². The second-order valence-corrected chi connectivity index (χ2v) is 11.6. The number of amides is 1. The molecule has 6 nitrogen and oxygen atoms in total. The average Bonchev–Trinajstić information content (AvgIpc) is 3.31. The molecule has 1 unspecified atom stereocenters. The van der Waals surface area contributed by atoms with Crippen molar-refractivity contribution < 1.29 is 9.90 Å². The molecule has 0 saturated heterocycles. The van der Waals surface area contributed by atoms with Gasteiger partial charge in [0.15, 0.2) is 0 Å². The first-order valence-corrected chi connectivity index (χ1v) is 13.8. The van der Waals surface area contributed by atoms with E-state index in [1.807, 2.05) is 71.1 Å². The van der Waals surface area contributed by atoms with Gasteiger partial charge in [-0.2, -0.15) is 0 Å². The molecule has 37 heavy (non-hydrogen) atoms. The van der Waals surface area contributed by atoms with E-state index in [2.05, 4.69) is 19.2 Å². The Balaban J connectivity index is 1.53. The summed E-state index contributed by atoms with van der Waals surface area (Å²) < 4.78 is 2.02. The quantitative estimate of drug-likeness (QED) is 0.359. The maximum atomic E-state index is 13.4. The third-order valence-electron chi connectivity index (χ3n) is 6.66. The van der Waals surface area contributed by atoms with Gasteiger partial charge in [-0.1, -0.05) is 67.9 Å². The van der Waals surface area contributed by atoms with Gasteiger partial charge in [-0.05, 0) is 37.6 Å². The highest BCUT2D eigenvalue weighted by molar-refractivity contribution is 7.18. The molecule has 0 bridgehead atoms. The van der Waals surface area contributed by atoms with Crippen LogP contribution in [0.25, 0.3) is 10.2 Å². The minimum Gasteiger partial charge on any atom is -0.387 e. The van der Waals surface area contributed by atoms with Crippen molar-refractivity contribution in [3.05, 3.63) is 92.1 Å². The maximum Gasteiger partial charge on any atom is 0.256 e. The molecule has 0 saturated carbocycles. The van der Waals surface area contributed by atoms with Gasteiger partial charge in [-0.15, -0.1) is 11.3 Å². The molecule has 1 amide bonds. The van der Waals surface area contributed by atoms with Crippen LogP contribution in [-0.4, -0.2) is 40.6 Å². The molecule has 0 spiro atoms. The number of aliphatic hydroxyl groups excluding tert-OH is 1. The lowest BCUT2D eigenvalue weighted by atomic mass is 9.83. The lowest BCUT2D eigenvalue weighted by molar-refractivity contribution is 0.0939. The van der Waals surface area contributed by atoms with Crippen molar-refractivity contribution >= 4 is 39.1 Å². The SMILES string of the molecule is CCCn1cc(C(=O)NCC2(C)C=CC(Cl)=CC2)c(=O)c2cc(CN(C)C[C@@H](O)c3ccccc3)sc21. The molecule has 4 rings (SSSR count). The highest BCUT2D eigenvalue weighted by Crippen LogP contribution is 2.30. The minimum absolute atomic E-state index is 0.162. The van der Waals surface area contributed by atoms with Crippen LogP contribution in [0.2, 0.25) is 0 Å². The molecule has 0 radical (unpaired) electrons. The number of aliphatic hydroxyl groups is 1. The number of aromatic nitrogens is 1. The number of thiophene rings is 1. The first-order chi connectivity index (χ1) is 17.7. The van der Waals surface area contributed by atoms with E-state index >= 15 is 0 Å². The molecule has 2 heterocycles. The molecular weight excluding hydrogens is 506 g/mol. The van der Waals surface area contributed by atoms with Crippen LogP contribution in [-0.2, 0) is 13.1 Å². The minimum atomic E-state index is -0.594. The van der Waals surface area contributed by atoms with Gasteiger partial charge in [0.25, 0.3) is 5.91 Å². The number of rotatable bonds is 10. The van der Waals surface area contributed by atoms with Crippen molar-refractivity contribution in [3.8, 4) is 0 Å². The van der Waals surface area contributed by atoms with Crippen LogP contribution in [0.5, 0.6) is 0 Å². The molecule has 1 aliphatic carbocycles. The largest absolute Gasteiger partial charge is 0.387 e. The molecule has 1 aliphatic rings. The third-order valence-corrected chi connectivity index (χ3v) is 8.10. The number of fused-ring (bicyclic) bond motifs is 1. The highest BCUT2D eigenvalue weighted by atomic mass is 35.5. The van der Waals surface area contributed by atoms with E-state index in [4.69, 9.17) is 11.6 Å². The van der Waals surface area contributed by atoms with Crippen LogP contribution >= 0.6 is 22.9 Å². The van der Waals surface area contributed by atoms with Crippen LogP contribution in [0, 0.1) is 5.41 Å². The van der Waals surface area contributed by atoms with Crippen molar-refractivity contribution in [2.75, 3.05) is 20.1 Å². The van der Waals surface area contributed by atoms with Gasteiger partial charge < -0.3 is 15.0 Å². The fourth-order valence-electron chi connectivity index (χ4n) is 4.53. The van der Waals surface area contributed by atoms with Crippen LogP contribution in [0.15, 0.2) is 70.6 Å². The zero-order chi connectivity index (χ0) is 26.6. The van der Waals surface area contributed by atoms with Crippen molar-refractivity contribution in [3.63, 3.8) is 0 Å². The lowest BCUT2D eigenvalue weighted by Gasteiger charge is -2.27. The Morgan fingerprint density at radius 2 is 2.08 bits per heavy atom. The second-order valence-electron chi connectivity index (χ2n) is 10.1. The van der Waals surface area contributed by atoms with Crippen molar-refractivity contribution in [1.29, 1.82) is 0 Å². The van der Waals surface area contributed by atoms with Crippen molar-refractivity contribution in [2.24, 2.45) is 5.41 Å². The number of nitrogens with zero attached hydrogens (tertiary/aromatic N) is 2. The van der Waals surface area contributed by atoms with E-state index in [1.165, 1.54) is 0 Å². The topological polar surface area (TPSA) is 74.6 Å². The molecular formula is C29H34ClN3O3S. The first kappa shape index (κ1) is 27.3. The fraction of sp³-hybridized carbons (Fsp3) is 0.379. The van der Waals surface area contributed by atoms with E-state index in [-0.39, 0.29) is 22.3 Å². The van der Waals surface area contributed by atoms with Gasteiger partial charge in [-0.3, -0.25) is 14.5 Å². The van der Waals surface area contributed by atoms with E-state index < -0.39 is 6.10 Å². The van der Waals surface area contributed by atoms with E-state index in [0.29, 0.717) is 36.6 Å². The Morgan fingerprint density at radius 3 is 2.76 bits per heavy atom. The van der Waals surface area contributed by atoms with Crippen LogP contribution in [0.1, 0.15) is 53.6 Å². The summed E-state index contributed by atoms with van der Waals surface area (Å²) in [4.78, 5) is 30.5. The summed E-state index contributed by atoms with van der Waals surface area (Å²) in [6.07, 6.45) is 8.50. The summed E-state index contributed by atoms with van der Waals surface area (Å²) in [5, 5.41) is 14.8. The van der Waals surface area contributed by atoms with Gasteiger partial charge >= 0.3 is 0 Å². The predicted molar refractivity (Wildman–Crippen MR) is 152 cm³/mol. The summed E-state index contributed by atoms with van der Waals surface area (Å²) in [6.45, 7) is 6.32. The number of benzene rings is 1. The molecule has 0 fully saturated rings. The Bertz CT molecular complexity index is 1380. The van der Waals surface area contributed by atoms with Crippen LogP contribution < -0.4 is 10.7 Å². The molecule has 2 N–H and O–H groups in total. The Kier molecular flexibility index (Phi) is 8.70. The second kappa shape index (κ2) is 11.8. The van der Waals surface area contributed by atoms with Gasteiger partial charge in [0.2, 0.25) is 5.43 Å². The van der Waals surface area contributed by atoms with E-state index in [1.54, 1.807) is 17.5 Å². The van der Waals surface area contributed by atoms with Crippen LogP contribution in [0.4, 0.5) is 0 Å². The van der Waals surface area contributed by atoms with Crippen molar-refractivity contribution in [1.82, 2.24) is 14.8 Å². The number of likely N-dealkylation sites (N-methyl/N-ethyl adjacent to an activating group) is 1. The normalized spacial score (nSPS) is 18.3. The zero-order valence-electron chi connectivity index (χ0n) is 21.5.